The third-order valence-electron chi connectivity index (χ3n) is 4.09. The van der Waals surface area contributed by atoms with Crippen molar-refractivity contribution >= 4 is 18.2 Å². The minimum Gasteiger partial charge on any atom is -0.0912 e. The molecule has 0 heteroatoms. The fourth-order valence-electron chi connectivity index (χ4n) is 2.59. The van der Waals surface area contributed by atoms with E-state index in [4.69, 9.17) is 0 Å². The molecule has 0 aliphatic rings. The highest BCUT2D eigenvalue weighted by molar-refractivity contribution is 5.75. The maximum absolute atomic E-state index is 4.07. The number of hydrogen-bond acceptors (Lipinski definition) is 0. The van der Waals surface area contributed by atoms with Crippen LogP contribution in [0.1, 0.15) is 18.1 Å². The molecular weight excluding hydrogens is 336 g/mol. The van der Waals surface area contributed by atoms with Crippen molar-refractivity contribution in [1.82, 2.24) is 0 Å². The number of hydrogen-bond donors (Lipinski definition) is 0. The Morgan fingerprint density at radius 2 is 1.50 bits per heavy atom. The zero-order valence-electron chi connectivity index (χ0n) is 16.8. The molecule has 0 saturated carbocycles. The number of rotatable bonds is 7. The van der Waals surface area contributed by atoms with Gasteiger partial charge >= 0.3 is 0 Å². The number of benzene rings is 2. The summed E-state index contributed by atoms with van der Waals surface area (Å²) >= 11 is 0. The van der Waals surface area contributed by atoms with Crippen LogP contribution in [0.5, 0.6) is 0 Å². The second kappa shape index (κ2) is 12.1. The van der Waals surface area contributed by atoms with Crippen molar-refractivity contribution in [2.75, 3.05) is 0 Å². The van der Waals surface area contributed by atoms with Crippen molar-refractivity contribution in [3.05, 3.63) is 137 Å². The van der Waals surface area contributed by atoms with Crippen LogP contribution in [0.2, 0.25) is 0 Å². The Morgan fingerprint density at radius 3 is 2.29 bits per heavy atom. The van der Waals surface area contributed by atoms with E-state index in [1.807, 2.05) is 55.5 Å². The van der Waals surface area contributed by atoms with Gasteiger partial charge in [-0.3, -0.25) is 0 Å². The first-order valence-corrected chi connectivity index (χ1v) is 9.53. The van der Waals surface area contributed by atoms with E-state index in [1.54, 1.807) is 0 Å². The van der Waals surface area contributed by atoms with Gasteiger partial charge in [0.2, 0.25) is 0 Å². The average molecular weight is 365 g/mol. The maximum atomic E-state index is 4.07. The molecule has 2 aromatic rings. The second-order valence-corrected chi connectivity index (χ2v) is 6.40. The Labute approximate surface area is 169 Å². The molecule has 0 saturated heterocycles. The first-order chi connectivity index (χ1) is 13.7. The summed E-state index contributed by atoms with van der Waals surface area (Å²) in [5.41, 5.74) is 3.60. The summed E-state index contributed by atoms with van der Waals surface area (Å²) in [6.45, 7) is 8.18. The third-order valence-corrected chi connectivity index (χ3v) is 4.09. The molecule has 28 heavy (non-hydrogen) atoms. The summed E-state index contributed by atoms with van der Waals surface area (Å²) in [5.74, 6) is 0. The lowest BCUT2D eigenvalue weighted by molar-refractivity contribution is 1.41. The van der Waals surface area contributed by atoms with E-state index in [2.05, 4.69) is 86.3 Å². The summed E-state index contributed by atoms with van der Waals surface area (Å²) in [7, 11) is 0. The smallest absolute Gasteiger partial charge is 0.0184 e. The quantitative estimate of drug-likeness (QED) is 0.523. The minimum atomic E-state index is 1.04. The standard InChI is InChI=1S/C28H28/c1-4-5-6-7-11-16-26(27-18-14-10-15-19-27)17-12-8-9-13-20-28-23-24(2)21-22-25(28)3/h4-23H,3H2,1-2H3/b5-4+,7-6-,12-8-,13-9+,16-11-,26-17-,28-20-. The van der Waals surface area contributed by atoms with E-state index in [1.165, 1.54) is 11.1 Å². The molecular formula is C28H28. The summed E-state index contributed by atoms with van der Waals surface area (Å²) in [6, 6.07) is 16.7. The van der Waals surface area contributed by atoms with Crippen molar-refractivity contribution < 1.29 is 0 Å². The molecule has 0 unspecified atom stereocenters. The zero-order chi connectivity index (χ0) is 20.0. The largest absolute Gasteiger partial charge is 0.0912 e. The highest BCUT2D eigenvalue weighted by Gasteiger charge is 1.94. The van der Waals surface area contributed by atoms with Crippen LogP contribution in [0.25, 0.3) is 18.2 Å². The molecule has 2 rings (SSSR count). The van der Waals surface area contributed by atoms with Crippen LogP contribution in [-0.2, 0) is 0 Å². The zero-order valence-corrected chi connectivity index (χ0v) is 16.8. The molecule has 0 nitrogen and oxygen atoms in total. The molecule has 0 atom stereocenters. The van der Waals surface area contributed by atoms with Crippen molar-refractivity contribution in [2.24, 2.45) is 0 Å². The van der Waals surface area contributed by atoms with Gasteiger partial charge in [-0.05, 0) is 35.4 Å². The highest BCUT2D eigenvalue weighted by atomic mass is 14.0. The van der Waals surface area contributed by atoms with E-state index in [9.17, 15) is 0 Å². The summed E-state index contributed by atoms with van der Waals surface area (Å²) in [4.78, 5) is 0. The molecule has 0 heterocycles. The SMILES string of the molecule is C=c1ccc(C)c/c1=C/C=C/C=C\C=C(\C=C/C=C\C=C\C)c1ccccc1. The Bertz CT molecular complexity index is 1020. The van der Waals surface area contributed by atoms with Gasteiger partial charge in [-0.15, -0.1) is 0 Å². The van der Waals surface area contributed by atoms with Gasteiger partial charge < -0.3 is 0 Å². The van der Waals surface area contributed by atoms with Crippen LogP contribution in [0.4, 0.5) is 0 Å². The van der Waals surface area contributed by atoms with Crippen molar-refractivity contribution in [3.63, 3.8) is 0 Å². The van der Waals surface area contributed by atoms with Crippen LogP contribution in [0.15, 0.2) is 115 Å². The predicted molar refractivity (Wildman–Crippen MR) is 126 cm³/mol. The summed E-state index contributed by atoms with van der Waals surface area (Å²) in [6.07, 6.45) is 24.7. The average Bonchev–Trinajstić information content (AvgIpc) is 2.72. The van der Waals surface area contributed by atoms with Crippen LogP contribution >= 0.6 is 0 Å². The topological polar surface area (TPSA) is 0 Å². The first kappa shape index (κ1) is 20.9. The second-order valence-electron chi connectivity index (χ2n) is 6.40. The van der Waals surface area contributed by atoms with Gasteiger partial charge in [0.15, 0.2) is 0 Å². The van der Waals surface area contributed by atoms with Gasteiger partial charge in [0.1, 0.15) is 0 Å². The monoisotopic (exact) mass is 364 g/mol. The van der Waals surface area contributed by atoms with E-state index < -0.39 is 0 Å². The van der Waals surface area contributed by atoms with Crippen molar-refractivity contribution in [1.29, 1.82) is 0 Å². The van der Waals surface area contributed by atoms with Crippen molar-refractivity contribution in [3.8, 4) is 0 Å². The molecule has 0 spiro atoms. The molecule has 0 fully saturated rings. The molecule has 0 bridgehead atoms. The van der Waals surface area contributed by atoms with Gasteiger partial charge in [0, 0.05) is 0 Å². The fraction of sp³-hybridized carbons (Fsp3) is 0.0714. The van der Waals surface area contributed by atoms with Crippen LogP contribution in [0.3, 0.4) is 0 Å². The van der Waals surface area contributed by atoms with Gasteiger partial charge in [0.25, 0.3) is 0 Å². The molecule has 0 aliphatic carbocycles. The Morgan fingerprint density at radius 1 is 0.786 bits per heavy atom. The van der Waals surface area contributed by atoms with E-state index in [0.717, 1.165) is 16.0 Å². The maximum Gasteiger partial charge on any atom is -0.0184 e. The van der Waals surface area contributed by atoms with Gasteiger partial charge in [-0.2, -0.15) is 0 Å². The van der Waals surface area contributed by atoms with Crippen LogP contribution in [-0.4, -0.2) is 0 Å². The van der Waals surface area contributed by atoms with Crippen molar-refractivity contribution in [2.45, 2.75) is 13.8 Å². The first-order valence-electron chi connectivity index (χ1n) is 9.53. The van der Waals surface area contributed by atoms with Crippen LogP contribution < -0.4 is 10.4 Å². The summed E-state index contributed by atoms with van der Waals surface area (Å²) in [5, 5.41) is 2.20. The Balaban J connectivity index is 2.15. The predicted octanol–water partition coefficient (Wildman–Crippen LogP) is 6.07. The molecule has 0 N–H and O–H groups in total. The van der Waals surface area contributed by atoms with Gasteiger partial charge in [-0.1, -0.05) is 134 Å². The minimum absolute atomic E-state index is 1.04. The normalized spacial score (nSPS) is 13.9. The lowest BCUT2D eigenvalue weighted by atomic mass is 10.0. The number of allylic oxidation sites excluding steroid dienone is 12. The number of aryl methyl sites for hydroxylation is 1. The molecule has 0 aliphatic heterocycles. The lowest BCUT2D eigenvalue weighted by Crippen LogP contribution is -2.22. The summed E-state index contributed by atoms with van der Waals surface area (Å²) < 4.78 is 0. The van der Waals surface area contributed by atoms with E-state index >= 15 is 0 Å². The van der Waals surface area contributed by atoms with E-state index in [0.29, 0.717) is 0 Å². The van der Waals surface area contributed by atoms with Gasteiger partial charge in [0.05, 0.1) is 0 Å². The lowest BCUT2D eigenvalue weighted by Gasteiger charge is -2.00. The molecule has 0 radical (unpaired) electrons. The van der Waals surface area contributed by atoms with E-state index in [-0.39, 0.29) is 0 Å². The fourth-order valence-corrected chi connectivity index (χ4v) is 2.59. The molecule has 2 aromatic carbocycles. The van der Waals surface area contributed by atoms with Gasteiger partial charge in [-0.25, -0.2) is 0 Å². The van der Waals surface area contributed by atoms with Crippen LogP contribution in [0, 0.1) is 6.92 Å². The molecule has 0 amide bonds. The Kier molecular flexibility index (Phi) is 9.03. The highest BCUT2D eigenvalue weighted by Crippen LogP contribution is 2.15. The molecule has 140 valence electrons. The molecule has 0 aromatic heterocycles. The third kappa shape index (κ3) is 7.47. The Hall–Kier alpha value is -3.38.